The number of carbonyl (C=O) groups is 1. The molecule has 0 aliphatic rings. The van der Waals surface area contributed by atoms with Gasteiger partial charge in [0.15, 0.2) is 0 Å². The molecule has 0 spiro atoms. The number of rotatable bonds is 4. The molecule has 2 rings (SSSR count). The van der Waals surface area contributed by atoms with Crippen molar-refractivity contribution in [3.05, 3.63) is 77.4 Å². The van der Waals surface area contributed by atoms with Gasteiger partial charge in [-0.15, -0.1) is 0 Å². The maximum absolute atomic E-state index is 11.9. The van der Waals surface area contributed by atoms with Crippen molar-refractivity contribution in [1.82, 2.24) is 5.32 Å². The summed E-state index contributed by atoms with van der Waals surface area (Å²) in [5, 5.41) is 2.96. The second-order valence-electron chi connectivity index (χ2n) is 4.83. The van der Waals surface area contributed by atoms with Gasteiger partial charge in [0.2, 0.25) is 5.91 Å². The number of carbonyl (C=O) groups excluding carboxylic acids is 1. The van der Waals surface area contributed by atoms with Crippen molar-refractivity contribution in [2.24, 2.45) is 0 Å². The molecule has 102 valence electrons. The van der Waals surface area contributed by atoms with Gasteiger partial charge in [-0.05, 0) is 36.6 Å². The van der Waals surface area contributed by atoms with Crippen molar-refractivity contribution in [2.75, 3.05) is 0 Å². The quantitative estimate of drug-likeness (QED) is 0.835. The minimum absolute atomic E-state index is 0.00483. The van der Waals surface area contributed by atoms with Crippen molar-refractivity contribution in [3.8, 4) is 0 Å². The molecule has 0 aliphatic carbocycles. The fraction of sp³-hybridized carbons (Fsp3) is 0.167. The summed E-state index contributed by atoms with van der Waals surface area (Å²) in [5.41, 5.74) is 3.33. The first-order valence-corrected chi connectivity index (χ1v) is 6.76. The van der Waals surface area contributed by atoms with E-state index in [-0.39, 0.29) is 11.9 Å². The summed E-state index contributed by atoms with van der Waals surface area (Å²) in [6.45, 7) is 4.01. The van der Waals surface area contributed by atoms with Crippen LogP contribution in [0.25, 0.3) is 6.08 Å². The van der Waals surface area contributed by atoms with Gasteiger partial charge in [-0.1, -0.05) is 54.6 Å². The highest BCUT2D eigenvalue weighted by Gasteiger charge is 2.06. The van der Waals surface area contributed by atoms with Crippen molar-refractivity contribution in [2.45, 2.75) is 19.9 Å². The zero-order valence-electron chi connectivity index (χ0n) is 11.8. The highest BCUT2D eigenvalue weighted by Crippen LogP contribution is 2.12. The van der Waals surface area contributed by atoms with Gasteiger partial charge in [0.25, 0.3) is 0 Å². The zero-order valence-corrected chi connectivity index (χ0v) is 11.8. The van der Waals surface area contributed by atoms with Crippen molar-refractivity contribution in [1.29, 1.82) is 0 Å². The molecule has 2 aromatic rings. The number of hydrogen-bond donors (Lipinski definition) is 1. The lowest BCUT2D eigenvalue weighted by Gasteiger charge is -2.12. The number of nitrogens with one attached hydrogen (secondary N) is 1. The van der Waals surface area contributed by atoms with Gasteiger partial charge in [0.1, 0.15) is 0 Å². The normalized spacial score (nSPS) is 12.3. The van der Waals surface area contributed by atoms with Crippen LogP contribution in [0.4, 0.5) is 0 Å². The van der Waals surface area contributed by atoms with E-state index in [1.54, 1.807) is 6.08 Å². The average molecular weight is 265 g/mol. The molecule has 2 heteroatoms. The molecule has 1 unspecified atom stereocenters. The number of benzene rings is 2. The second-order valence-corrected chi connectivity index (χ2v) is 4.83. The van der Waals surface area contributed by atoms with E-state index in [9.17, 15) is 4.79 Å². The van der Waals surface area contributed by atoms with Gasteiger partial charge in [-0.25, -0.2) is 0 Å². The molecule has 0 bridgehead atoms. The minimum Gasteiger partial charge on any atom is -0.346 e. The number of amides is 1. The Kier molecular flexibility index (Phi) is 4.72. The third kappa shape index (κ3) is 3.82. The van der Waals surface area contributed by atoms with Gasteiger partial charge in [0, 0.05) is 6.08 Å². The molecule has 0 heterocycles. The molecular weight excluding hydrogens is 246 g/mol. The molecule has 1 N–H and O–H groups in total. The first kappa shape index (κ1) is 14.1. The molecule has 0 radical (unpaired) electrons. The molecule has 0 saturated carbocycles. The highest BCUT2D eigenvalue weighted by atomic mass is 16.1. The van der Waals surface area contributed by atoms with Gasteiger partial charge in [-0.3, -0.25) is 4.79 Å². The largest absolute Gasteiger partial charge is 0.346 e. The van der Waals surface area contributed by atoms with Crippen molar-refractivity contribution >= 4 is 12.0 Å². The summed E-state index contributed by atoms with van der Waals surface area (Å²) in [6, 6.07) is 17.9. The van der Waals surface area contributed by atoms with Gasteiger partial charge < -0.3 is 5.32 Å². The monoisotopic (exact) mass is 265 g/mol. The van der Waals surface area contributed by atoms with Gasteiger partial charge in [0.05, 0.1) is 6.04 Å². The standard InChI is InChI=1S/C18H19NO/c1-14-8-6-7-9-16(14)12-13-18(20)19-15(2)17-10-4-3-5-11-17/h3-13,15H,1-2H3,(H,19,20)/b13-12+. The molecule has 1 amide bonds. The van der Waals surface area contributed by atoms with Crippen LogP contribution in [0.15, 0.2) is 60.7 Å². The van der Waals surface area contributed by atoms with Gasteiger partial charge in [-0.2, -0.15) is 0 Å². The Morgan fingerprint density at radius 1 is 1.05 bits per heavy atom. The van der Waals surface area contributed by atoms with Crippen LogP contribution < -0.4 is 5.32 Å². The average Bonchev–Trinajstić information content (AvgIpc) is 2.47. The summed E-state index contributed by atoms with van der Waals surface area (Å²) >= 11 is 0. The number of aryl methyl sites for hydroxylation is 1. The smallest absolute Gasteiger partial charge is 0.244 e. The lowest BCUT2D eigenvalue weighted by molar-refractivity contribution is -0.117. The predicted molar refractivity (Wildman–Crippen MR) is 83.2 cm³/mol. The first-order valence-electron chi connectivity index (χ1n) is 6.76. The molecule has 1 atom stereocenters. The lowest BCUT2D eigenvalue weighted by Crippen LogP contribution is -2.24. The van der Waals surface area contributed by atoms with Crippen LogP contribution in [-0.2, 0) is 4.79 Å². The minimum atomic E-state index is -0.0791. The van der Waals surface area contributed by atoms with E-state index in [1.165, 1.54) is 0 Å². The Balaban J connectivity index is 1.98. The van der Waals surface area contributed by atoms with E-state index in [1.807, 2.05) is 74.5 Å². The van der Waals surface area contributed by atoms with Crippen LogP contribution in [0.1, 0.15) is 29.7 Å². The van der Waals surface area contributed by atoms with E-state index < -0.39 is 0 Å². The van der Waals surface area contributed by atoms with Gasteiger partial charge >= 0.3 is 0 Å². The first-order chi connectivity index (χ1) is 9.66. The molecule has 0 saturated heterocycles. The Bertz CT molecular complexity index is 602. The summed E-state index contributed by atoms with van der Waals surface area (Å²) in [6.07, 6.45) is 3.43. The van der Waals surface area contributed by atoms with Crippen LogP contribution in [0.3, 0.4) is 0 Å². The predicted octanol–water partition coefficient (Wildman–Crippen LogP) is 3.89. The van der Waals surface area contributed by atoms with E-state index in [2.05, 4.69) is 5.32 Å². The second kappa shape index (κ2) is 6.71. The Morgan fingerprint density at radius 2 is 1.70 bits per heavy atom. The fourth-order valence-corrected chi connectivity index (χ4v) is 2.03. The lowest BCUT2D eigenvalue weighted by atomic mass is 10.1. The van der Waals surface area contributed by atoms with E-state index in [0.29, 0.717) is 0 Å². The maximum atomic E-state index is 11.9. The van der Waals surface area contributed by atoms with Crippen molar-refractivity contribution < 1.29 is 4.79 Å². The number of hydrogen-bond acceptors (Lipinski definition) is 1. The summed E-state index contributed by atoms with van der Waals surface area (Å²) < 4.78 is 0. The van der Waals surface area contributed by atoms with Crippen LogP contribution in [-0.4, -0.2) is 5.91 Å². The molecule has 2 nitrogen and oxygen atoms in total. The molecule has 2 aromatic carbocycles. The summed E-state index contributed by atoms with van der Waals surface area (Å²) in [4.78, 5) is 11.9. The Morgan fingerprint density at radius 3 is 2.40 bits per heavy atom. The Hall–Kier alpha value is -2.35. The zero-order chi connectivity index (χ0) is 14.4. The van der Waals surface area contributed by atoms with E-state index in [4.69, 9.17) is 0 Å². The fourth-order valence-electron chi connectivity index (χ4n) is 2.03. The molecule has 20 heavy (non-hydrogen) atoms. The third-order valence-corrected chi connectivity index (χ3v) is 3.26. The van der Waals surface area contributed by atoms with E-state index in [0.717, 1.165) is 16.7 Å². The van der Waals surface area contributed by atoms with Crippen LogP contribution >= 0.6 is 0 Å². The third-order valence-electron chi connectivity index (χ3n) is 3.26. The summed E-state index contributed by atoms with van der Waals surface area (Å²) in [5.74, 6) is -0.0791. The highest BCUT2D eigenvalue weighted by molar-refractivity contribution is 5.92. The topological polar surface area (TPSA) is 29.1 Å². The van der Waals surface area contributed by atoms with Crippen LogP contribution in [0, 0.1) is 6.92 Å². The molecule has 0 aromatic heterocycles. The maximum Gasteiger partial charge on any atom is 0.244 e. The van der Waals surface area contributed by atoms with Crippen LogP contribution in [0.2, 0.25) is 0 Å². The summed E-state index contributed by atoms with van der Waals surface area (Å²) in [7, 11) is 0. The molecule has 0 aliphatic heterocycles. The van der Waals surface area contributed by atoms with E-state index >= 15 is 0 Å². The SMILES string of the molecule is Cc1ccccc1/C=C/C(=O)NC(C)c1ccccc1. The Labute approximate surface area is 120 Å². The van der Waals surface area contributed by atoms with Crippen molar-refractivity contribution in [3.63, 3.8) is 0 Å². The van der Waals surface area contributed by atoms with Crippen LogP contribution in [0.5, 0.6) is 0 Å². The molecular formula is C18H19NO. The molecule has 0 fully saturated rings.